The Morgan fingerprint density at radius 2 is 1.44 bits per heavy atom. The number of anilines is 1. The van der Waals surface area contributed by atoms with E-state index in [2.05, 4.69) is 15.9 Å². The Labute approximate surface area is 258 Å². The van der Waals surface area contributed by atoms with Crippen LogP contribution in [0, 0.1) is 0 Å². The molecule has 0 spiro atoms. The van der Waals surface area contributed by atoms with Crippen LogP contribution in [0.4, 0.5) is 11.4 Å². The van der Waals surface area contributed by atoms with Crippen LogP contribution in [0.25, 0.3) is 6.08 Å². The van der Waals surface area contributed by atoms with Crippen molar-refractivity contribution in [3.8, 4) is 5.75 Å². The average molecular weight is 679 g/mol. The van der Waals surface area contributed by atoms with Crippen LogP contribution in [-0.2, 0) is 11.4 Å². The third-order valence-electron chi connectivity index (χ3n) is 5.56. The number of ether oxygens (including phenoxy) is 1. The van der Waals surface area contributed by atoms with E-state index in [1.165, 1.54) is 11.8 Å². The standard InChI is InChI=1S/C29H17BrCl4N2O2S/c30-19-3-1-17(2-4-19)16-38-27-24(33)13-18(14-25(27)34)15-26-28(37)36(23-11-7-21(32)8-12-23)29(39-26)35-22-9-5-20(31)6-10-22/h1-15H,16H2/b26-15-,35-29?. The highest BCUT2D eigenvalue weighted by Crippen LogP contribution is 2.40. The van der Waals surface area contributed by atoms with Gasteiger partial charge in [-0.1, -0.05) is 74.5 Å². The van der Waals surface area contributed by atoms with Gasteiger partial charge in [-0.2, -0.15) is 0 Å². The molecule has 5 rings (SSSR count). The summed E-state index contributed by atoms with van der Waals surface area (Å²) >= 11 is 29.8. The van der Waals surface area contributed by atoms with Gasteiger partial charge >= 0.3 is 0 Å². The predicted octanol–water partition coefficient (Wildman–Crippen LogP) is 10.5. The summed E-state index contributed by atoms with van der Waals surface area (Å²) in [5.41, 5.74) is 2.92. The topological polar surface area (TPSA) is 41.9 Å². The van der Waals surface area contributed by atoms with Crippen molar-refractivity contribution in [2.45, 2.75) is 6.61 Å². The number of rotatable bonds is 6. The minimum atomic E-state index is -0.238. The molecule has 0 bridgehead atoms. The maximum Gasteiger partial charge on any atom is 0.271 e. The molecule has 0 aliphatic carbocycles. The third-order valence-corrected chi connectivity index (χ3v) is 8.12. The first-order valence-corrected chi connectivity index (χ1v) is 14.6. The molecule has 1 saturated heterocycles. The number of benzene rings is 4. The molecule has 1 aliphatic rings. The lowest BCUT2D eigenvalue weighted by molar-refractivity contribution is -0.113. The van der Waals surface area contributed by atoms with Crippen molar-refractivity contribution in [3.63, 3.8) is 0 Å². The summed E-state index contributed by atoms with van der Waals surface area (Å²) in [6, 6.07) is 25.3. The summed E-state index contributed by atoms with van der Waals surface area (Å²) in [6.07, 6.45) is 1.73. The Morgan fingerprint density at radius 1 is 0.846 bits per heavy atom. The van der Waals surface area contributed by atoms with Gasteiger partial charge < -0.3 is 4.74 Å². The van der Waals surface area contributed by atoms with E-state index in [1.807, 2.05) is 24.3 Å². The second-order valence-electron chi connectivity index (χ2n) is 8.33. The molecule has 0 unspecified atom stereocenters. The molecule has 0 saturated carbocycles. The van der Waals surface area contributed by atoms with Crippen molar-refractivity contribution in [1.29, 1.82) is 0 Å². The van der Waals surface area contributed by atoms with E-state index >= 15 is 0 Å². The summed E-state index contributed by atoms with van der Waals surface area (Å²) in [4.78, 5) is 20.3. The molecule has 1 amide bonds. The number of nitrogens with zero attached hydrogens (tertiary/aromatic N) is 2. The molecule has 10 heteroatoms. The van der Waals surface area contributed by atoms with Crippen LogP contribution in [0.3, 0.4) is 0 Å². The van der Waals surface area contributed by atoms with Gasteiger partial charge in [0.25, 0.3) is 5.91 Å². The van der Waals surface area contributed by atoms with Crippen LogP contribution >= 0.6 is 74.1 Å². The number of amides is 1. The maximum absolute atomic E-state index is 13.6. The molecule has 0 aromatic heterocycles. The van der Waals surface area contributed by atoms with Gasteiger partial charge in [0.1, 0.15) is 6.61 Å². The van der Waals surface area contributed by atoms with Crippen molar-refractivity contribution in [1.82, 2.24) is 0 Å². The van der Waals surface area contributed by atoms with E-state index in [9.17, 15) is 4.79 Å². The van der Waals surface area contributed by atoms with E-state index in [-0.39, 0.29) is 5.91 Å². The van der Waals surface area contributed by atoms with Crippen LogP contribution in [0.15, 0.2) is 99.3 Å². The summed E-state index contributed by atoms with van der Waals surface area (Å²) in [6.45, 7) is 0.308. The molecule has 4 aromatic rings. The molecule has 4 aromatic carbocycles. The zero-order chi connectivity index (χ0) is 27.5. The average Bonchev–Trinajstić information content (AvgIpc) is 3.20. The number of carbonyl (C=O) groups excluding carboxylic acids is 1. The Hall–Kier alpha value is -2.45. The fourth-order valence-electron chi connectivity index (χ4n) is 3.68. The normalized spacial score (nSPS) is 15.4. The molecule has 196 valence electrons. The Morgan fingerprint density at radius 3 is 2.05 bits per heavy atom. The first-order valence-electron chi connectivity index (χ1n) is 11.5. The molecular formula is C29H17BrCl4N2O2S. The van der Waals surface area contributed by atoms with Crippen LogP contribution in [-0.4, -0.2) is 11.1 Å². The SMILES string of the molecule is O=C1/C(=C/c2cc(Cl)c(OCc3ccc(Br)cc3)c(Cl)c2)SC(=Nc2ccc(Cl)cc2)N1c1ccc(Cl)cc1. The van der Waals surface area contributed by atoms with Gasteiger partial charge in [0, 0.05) is 14.5 Å². The summed E-state index contributed by atoms with van der Waals surface area (Å²) in [7, 11) is 0. The van der Waals surface area contributed by atoms with Gasteiger partial charge in [-0.25, -0.2) is 4.99 Å². The minimum absolute atomic E-state index is 0.238. The smallest absolute Gasteiger partial charge is 0.271 e. The molecule has 1 heterocycles. The molecule has 1 aliphatic heterocycles. The zero-order valence-electron chi connectivity index (χ0n) is 19.9. The van der Waals surface area contributed by atoms with Crippen LogP contribution in [0.2, 0.25) is 20.1 Å². The van der Waals surface area contributed by atoms with Crippen LogP contribution < -0.4 is 9.64 Å². The first-order chi connectivity index (χ1) is 18.8. The van der Waals surface area contributed by atoms with Gasteiger partial charge in [0.05, 0.1) is 26.3 Å². The summed E-state index contributed by atoms with van der Waals surface area (Å²) in [5.74, 6) is 0.138. The number of aliphatic imine (C=N–C) groups is 1. The van der Waals surface area contributed by atoms with Gasteiger partial charge in [0.2, 0.25) is 0 Å². The predicted molar refractivity (Wildman–Crippen MR) is 168 cm³/mol. The largest absolute Gasteiger partial charge is 0.486 e. The fourth-order valence-corrected chi connectivity index (χ4v) is 5.81. The Bertz CT molecular complexity index is 1570. The first kappa shape index (κ1) is 28.1. The monoisotopic (exact) mass is 676 g/mol. The lowest BCUT2D eigenvalue weighted by atomic mass is 10.2. The van der Waals surface area contributed by atoms with E-state index in [4.69, 9.17) is 56.1 Å². The highest BCUT2D eigenvalue weighted by molar-refractivity contribution is 9.10. The molecule has 4 nitrogen and oxygen atoms in total. The summed E-state index contributed by atoms with van der Waals surface area (Å²) < 4.78 is 6.88. The van der Waals surface area contributed by atoms with Crippen molar-refractivity contribution in [3.05, 3.63) is 126 Å². The number of hydrogen-bond acceptors (Lipinski definition) is 4. The molecule has 39 heavy (non-hydrogen) atoms. The molecule has 0 atom stereocenters. The Kier molecular flexibility index (Phi) is 8.92. The van der Waals surface area contributed by atoms with Crippen molar-refractivity contribution in [2.75, 3.05) is 4.90 Å². The maximum atomic E-state index is 13.6. The lowest BCUT2D eigenvalue weighted by Gasteiger charge is -2.15. The van der Waals surface area contributed by atoms with E-state index in [1.54, 1.807) is 71.6 Å². The minimum Gasteiger partial charge on any atom is -0.486 e. The number of halogens is 5. The number of carbonyl (C=O) groups is 1. The van der Waals surface area contributed by atoms with Gasteiger partial charge in [-0.15, -0.1) is 0 Å². The highest BCUT2D eigenvalue weighted by atomic mass is 79.9. The zero-order valence-corrected chi connectivity index (χ0v) is 25.3. The van der Waals surface area contributed by atoms with Crippen molar-refractivity contribution >= 4 is 103 Å². The molecule has 0 radical (unpaired) electrons. The van der Waals surface area contributed by atoms with Gasteiger partial charge in [-0.05, 0) is 102 Å². The Balaban J connectivity index is 1.44. The number of amidine groups is 1. The van der Waals surface area contributed by atoms with Crippen molar-refractivity contribution < 1.29 is 9.53 Å². The number of thioether (sulfide) groups is 1. The van der Waals surface area contributed by atoms with Crippen molar-refractivity contribution in [2.24, 2.45) is 4.99 Å². The number of hydrogen-bond donors (Lipinski definition) is 0. The fraction of sp³-hybridized carbons (Fsp3) is 0.0345. The quantitative estimate of drug-likeness (QED) is 0.191. The highest BCUT2D eigenvalue weighted by Gasteiger charge is 2.35. The summed E-state index contributed by atoms with van der Waals surface area (Å²) in [5, 5.41) is 2.33. The van der Waals surface area contributed by atoms with Gasteiger partial charge in [0.15, 0.2) is 10.9 Å². The van der Waals surface area contributed by atoms with E-state index < -0.39 is 0 Å². The molecule has 1 fully saturated rings. The van der Waals surface area contributed by atoms with Gasteiger partial charge in [-0.3, -0.25) is 9.69 Å². The molecular weight excluding hydrogens is 662 g/mol. The van der Waals surface area contributed by atoms with E-state index in [0.29, 0.717) is 59.5 Å². The molecule has 0 N–H and O–H groups in total. The van der Waals surface area contributed by atoms with E-state index in [0.717, 1.165) is 10.0 Å². The lowest BCUT2D eigenvalue weighted by Crippen LogP contribution is -2.28. The van der Waals surface area contributed by atoms with Crippen LogP contribution in [0.1, 0.15) is 11.1 Å². The third kappa shape index (κ3) is 6.83. The second-order valence-corrected chi connectivity index (χ2v) is 11.9. The van der Waals surface area contributed by atoms with Crippen LogP contribution in [0.5, 0.6) is 5.75 Å². The second kappa shape index (κ2) is 12.4.